The van der Waals surface area contributed by atoms with Gasteiger partial charge in [-0.3, -0.25) is 0 Å². The van der Waals surface area contributed by atoms with Crippen molar-refractivity contribution in [2.24, 2.45) is 0 Å². The quantitative estimate of drug-likeness (QED) is 0.593. The van der Waals surface area contributed by atoms with E-state index in [9.17, 15) is 5.11 Å². The van der Waals surface area contributed by atoms with Crippen LogP contribution in [0.1, 0.15) is 31.2 Å². The van der Waals surface area contributed by atoms with Crippen LogP contribution in [0.25, 0.3) is 0 Å². The molecule has 0 amide bonds. The summed E-state index contributed by atoms with van der Waals surface area (Å²) in [5.74, 6) is 1.41. The van der Waals surface area contributed by atoms with Gasteiger partial charge in [0.1, 0.15) is 12.7 Å². The van der Waals surface area contributed by atoms with E-state index in [0.717, 1.165) is 45.6 Å². The van der Waals surface area contributed by atoms with Gasteiger partial charge in [-0.25, -0.2) is 0 Å². The highest BCUT2D eigenvalue weighted by atomic mass is 16.5. The second-order valence-electron chi connectivity index (χ2n) is 8.94. The number of ether oxygens (including phenoxy) is 2. The van der Waals surface area contributed by atoms with Crippen LogP contribution < -0.4 is 19.7 Å². The number of rotatable bonds is 10. The normalized spacial score (nSPS) is 18.6. The van der Waals surface area contributed by atoms with E-state index in [2.05, 4.69) is 51.5 Å². The molecule has 0 aromatic heterocycles. The summed E-state index contributed by atoms with van der Waals surface area (Å²) in [5.41, 5.74) is 2.48. The number of methoxy groups -OCH3 is 1. The second-order valence-corrected chi connectivity index (χ2v) is 8.94. The van der Waals surface area contributed by atoms with Gasteiger partial charge in [-0.2, -0.15) is 0 Å². The van der Waals surface area contributed by atoms with Crippen LogP contribution in [0.2, 0.25) is 0 Å². The molecule has 2 aromatic rings. The fourth-order valence-corrected chi connectivity index (χ4v) is 4.69. The third-order valence-corrected chi connectivity index (χ3v) is 6.54. The monoisotopic (exact) mass is 439 g/mol. The van der Waals surface area contributed by atoms with Gasteiger partial charge >= 0.3 is 0 Å². The van der Waals surface area contributed by atoms with Crippen LogP contribution in [0, 0.1) is 0 Å². The smallest absolute Gasteiger partial charge is 0.161 e. The minimum Gasteiger partial charge on any atom is -0.493 e. The molecule has 32 heavy (non-hydrogen) atoms. The Morgan fingerprint density at radius 3 is 2.47 bits per heavy atom. The van der Waals surface area contributed by atoms with E-state index in [4.69, 9.17) is 9.47 Å². The van der Waals surface area contributed by atoms with Gasteiger partial charge in [-0.05, 0) is 68.6 Å². The van der Waals surface area contributed by atoms with Crippen LogP contribution in [0.3, 0.4) is 0 Å². The van der Waals surface area contributed by atoms with E-state index in [0.29, 0.717) is 24.1 Å². The van der Waals surface area contributed by atoms with Gasteiger partial charge in [0.2, 0.25) is 0 Å². The van der Waals surface area contributed by atoms with Gasteiger partial charge in [0.05, 0.1) is 7.11 Å². The molecule has 0 saturated carbocycles. The number of aliphatic hydroxyl groups excluding tert-OH is 1. The Morgan fingerprint density at radius 2 is 1.75 bits per heavy atom. The van der Waals surface area contributed by atoms with E-state index in [1.807, 2.05) is 12.1 Å². The summed E-state index contributed by atoms with van der Waals surface area (Å²) in [4.78, 5) is 4.76. The Balaban J connectivity index is 1.25. The van der Waals surface area contributed by atoms with Gasteiger partial charge in [-0.15, -0.1) is 0 Å². The molecule has 0 bridgehead atoms. The van der Waals surface area contributed by atoms with Gasteiger partial charge < -0.3 is 29.7 Å². The number of hydrogen-bond acceptors (Lipinski definition) is 6. The highest BCUT2D eigenvalue weighted by Crippen LogP contribution is 2.28. The van der Waals surface area contributed by atoms with Gasteiger partial charge in [0.25, 0.3) is 0 Å². The first kappa shape index (κ1) is 22.9. The van der Waals surface area contributed by atoms with Crippen LogP contribution >= 0.6 is 0 Å². The minimum atomic E-state index is -0.491. The number of benzene rings is 2. The average Bonchev–Trinajstić information content (AvgIpc) is 3.35. The summed E-state index contributed by atoms with van der Waals surface area (Å²) in [6.45, 7) is 6.05. The molecule has 174 valence electrons. The fraction of sp³-hybridized carbons (Fsp3) is 0.538. The van der Waals surface area contributed by atoms with Gasteiger partial charge in [0, 0.05) is 37.9 Å². The van der Waals surface area contributed by atoms with Crippen molar-refractivity contribution >= 4 is 5.69 Å². The minimum absolute atomic E-state index is 0.279. The number of para-hydroxylation sites is 1. The molecule has 6 heteroatoms. The number of hydrogen-bond donors (Lipinski definition) is 2. The van der Waals surface area contributed by atoms with Crippen molar-refractivity contribution in [3.8, 4) is 11.5 Å². The number of aliphatic hydroxyl groups is 1. The van der Waals surface area contributed by atoms with Crippen molar-refractivity contribution in [3.05, 3.63) is 54.1 Å². The molecule has 2 saturated heterocycles. The number of likely N-dealkylation sites (tertiary alicyclic amines) is 1. The van der Waals surface area contributed by atoms with Crippen LogP contribution in [0.4, 0.5) is 5.69 Å². The predicted octanol–water partition coefficient (Wildman–Crippen LogP) is 3.29. The molecule has 2 fully saturated rings. The lowest BCUT2D eigenvalue weighted by Crippen LogP contribution is -2.42. The van der Waals surface area contributed by atoms with Crippen molar-refractivity contribution in [2.45, 2.75) is 44.4 Å². The maximum atomic E-state index is 10.4. The van der Waals surface area contributed by atoms with Crippen LogP contribution in [-0.4, -0.2) is 68.6 Å². The molecule has 0 radical (unpaired) electrons. The summed E-state index contributed by atoms with van der Waals surface area (Å²) in [5, 5.41) is 14.1. The van der Waals surface area contributed by atoms with Crippen molar-refractivity contribution < 1.29 is 14.6 Å². The maximum Gasteiger partial charge on any atom is 0.161 e. The molecule has 0 spiro atoms. The number of nitrogens with one attached hydrogen (secondary N) is 1. The average molecular weight is 440 g/mol. The Morgan fingerprint density at radius 1 is 1.00 bits per heavy atom. The molecule has 1 atom stereocenters. The first-order valence-electron chi connectivity index (χ1n) is 11.9. The van der Waals surface area contributed by atoms with Crippen molar-refractivity contribution in [2.75, 3.05) is 51.3 Å². The molecule has 6 nitrogen and oxygen atoms in total. The third-order valence-electron chi connectivity index (χ3n) is 6.54. The van der Waals surface area contributed by atoms with E-state index < -0.39 is 6.10 Å². The van der Waals surface area contributed by atoms with Crippen LogP contribution in [0.15, 0.2) is 48.5 Å². The number of β-amino-alcohol motifs (C(OH)–C–C–N with tert-alkyl or cyclic N) is 1. The van der Waals surface area contributed by atoms with E-state index in [1.165, 1.54) is 24.1 Å². The van der Waals surface area contributed by atoms with Crippen molar-refractivity contribution in [1.82, 2.24) is 10.2 Å². The molecule has 4 rings (SSSR count). The third kappa shape index (κ3) is 6.37. The molecule has 2 aliphatic heterocycles. The van der Waals surface area contributed by atoms with Crippen molar-refractivity contribution in [3.63, 3.8) is 0 Å². The molecular formula is C26H37N3O3. The molecular weight excluding hydrogens is 402 g/mol. The molecule has 1 unspecified atom stereocenters. The number of anilines is 1. The maximum absolute atomic E-state index is 10.4. The molecule has 2 heterocycles. The van der Waals surface area contributed by atoms with Crippen LogP contribution in [-0.2, 0) is 6.54 Å². The molecule has 2 aromatic carbocycles. The van der Waals surface area contributed by atoms with E-state index in [1.54, 1.807) is 7.11 Å². The fourth-order valence-electron chi connectivity index (χ4n) is 4.69. The summed E-state index contributed by atoms with van der Waals surface area (Å²) < 4.78 is 11.4. The zero-order chi connectivity index (χ0) is 22.2. The summed E-state index contributed by atoms with van der Waals surface area (Å²) in [6, 6.07) is 17.2. The Labute approximate surface area is 192 Å². The second kappa shape index (κ2) is 11.5. The molecule has 2 N–H and O–H groups in total. The Bertz CT molecular complexity index is 818. The predicted molar refractivity (Wildman–Crippen MR) is 129 cm³/mol. The summed E-state index contributed by atoms with van der Waals surface area (Å²) in [7, 11) is 1.65. The summed E-state index contributed by atoms with van der Waals surface area (Å²) in [6.07, 6.45) is 4.23. The lowest BCUT2D eigenvalue weighted by Gasteiger charge is -2.34. The first-order chi connectivity index (χ1) is 15.7. The first-order valence-corrected chi connectivity index (χ1v) is 11.9. The standard InChI is InChI=1S/C26H37N3O3/c1-31-25-10-9-21(17-26(25)32-20-24(30)19-28-13-5-6-14-28)18-27-22-11-15-29(16-12-22)23-7-3-2-4-8-23/h2-4,7-10,17,22,24,27,30H,5-6,11-16,18-20H2,1H3. The van der Waals surface area contributed by atoms with Crippen LogP contribution in [0.5, 0.6) is 11.5 Å². The SMILES string of the molecule is COc1ccc(CNC2CCN(c3ccccc3)CC2)cc1OCC(O)CN1CCCC1. The van der Waals surface area contributed by atoms with E-state index >= 15 is 0 Å². The zero-order valence-electron chi connectivity index (χ0n) is 19.2. The number of piperidine rings is 1. The summed E-state index contributed by atoms with van der Waals surface area (Å²) >= 11 is 0. The van der Waals surface area contributed by atoms with Crippen molar-refractivity contribution in [1.29, 1.82) is 0 Å². The molecule has 0 aliphatic carbocycles. The van der Waals surface area contributed by atoms with E-state index in [-0.39, 0.29) is 6.61 Å². The topological polar surface area (TPSA) is 57.2 Å². The number of nitrogens with zero attached hydrogens (tertiary/aromatic N) is 2. The Kier molecular flexibility index (Phi) is 8.26. The van der Waals surface area contributed by atoms with Gasteiger partial charge in [-0.1, -0.05) is 24.3 Å². The highest BCUT2D eigenvalue weighted by molar-refractivity contribution is 5.46. The largest absolute Gasteiger partial charge is 0.493 e. The van der Waals surface area contributed by atoms with Gasteiger partial charge in [0.15, 0.2) is 11.5 Å². The zero-order valence-corrected chi connectivity index (χ0v) is 19.2. The lowest BCUT2D eigenvalue weighted by atomic mass is 10.0. The highest BCUT2D eigenvalue weighted by Gasteiger charge is 2.20. The molecule has 2 aliphatic rings. The lowest BCUT2D eigenvalue weighted by molar-refractivity contribution is 0.0746. The Hall–Kier alpha value is -2.28.